The van der Waals surface area contributed by atoms with Gasteiger partial charge < -0.3 is 5.32 Å². The van der Waals surface area contributed by atoms with Crippen LogP contribution in [0.2, 0.25) is 10.0 Å². The van der Waals surface area contributed by atoms with Gasteiger partial charge in [0.25, 0.3) is 0 Å². The van der Waals surface area contributed by atoms with Crippen molar-refractivity contribution in [1.29, 1.82) is 0 Å². The number of hydrogen-bond donors (Lipinski definition) is 1. The predicted molar refractivity (Wildman–Crippen MR) is 136 cm³/mol. The fourth-order valence-corrected chi connectivity index (χ4v) is 6.55. The van der Waals surface area contributed by atoms with Crippen molar-refractivity contribution in [2.45, 2.75) is 44.5 Å². The first-order chi connectivity index (χ1) is 16.3. The van der Waals surface area contributed by atoms with Gasteiger partial charge in [-0.15, -0.1) is 0 Å². The van der Waals surface area contributed by atoms with Crippen LogP contribution in [0.15, 0.2) is 42.5 Å². The molecule has 0 saturated carbocycles. The molecule has 2 aliphatic rings. The molecule has 184 valence electrons. The summed E-state index contributed by atoms with van der Waals surface area (Å²) in [6.45, 7) is 4.37. The molecule has 34 heavy (non-hydrogen) atoms. The second-order valence-electron chi connectivity index (χ2n) is 9.22. The molecule has 0 radical (unpaired) electrons. The topological polar surface area (TPSA) is 69.7 Å². The summed E-state index contributed by atoms with van der Waals surface area (Å²) in [6, 6.07) is 13.2. The van der Waals surface area contributed by atoms with Crippen molar-refractivity contribution in [2.75, 3.05) is 26.2 Å². The lowest BCUT2D eigenvalue weighted by atomic mass is 9.98. The van der Waals surface area contributed by atoms with Crippen molar-refractivity contribution in [2.24, 2.45) is 5.92 Å². The molecule has 4 rings (SSSR count). The second kappa shape index (κ2) is 11.4. The maximum atomic E-state index is 13.0. The summed E-state index contributed by atoms with van der Waals surface area (Å²) >= 11 is 12.0. The first kappa shape index (κ1) is 25.5. The smallest absolute Gasteiger partial charge is 0.224 e. The van der Waals surface area contributed by atoms with Gasteiger partial charge in [0, 0.05) is 26.2 Å². The van der Waals surface area contributed by atoms with E-state index in [1.165, 1.54) is 35.8 Å². The molecule has 0 aromatic heterocycles. The molecule has 0 aliphatic carbocycles. The summed E-state index contributed by atoms with van der Waals surface area (Å²) in [5.41, 5.74) is 2.90. The third kappa shape index (κ3) is 6.73. The van der Waals surface area contributed by atoms with Gasteiger partial charge in [0.15, 0.2) is 0 Å². The molecule has 1 atom stereocenters. The van der Waals surface area contributed by atoms with Gasteiger partial charge in [0.2, 0.25) is 15.9 Å². The van der Waals surface area contributed by atoms with Gasteiger partial charge in [-0.2, -0.15) is 0 Å². The average Bonchev–Trinajstić information content (AvgIpc) is 3.34. The lowest BCUT2D eigenvalue weighted by Crippen LogP contribution is -2.45. The van der Waals surface area contributed by atoms with Crippen molar-refractivity contribution in [3.8, 4) is 0 Å². The number of hydrogen-bond acceptors (Lipinski definition) is 4. The quantitative estimate of drug-likeness (QED) is 0.554. The number of likely N-dealkylation sites (tertiary alicyclic amines) is 1. The minimum Gasteiger partial charge on any atom is -0.352 e. The van der Waals surface area contributed by atoms with Crippen LogP contribution >= 0.6 is 23.2 Å². The molecule has 1 amide bonds. The number of halogens is 2. The van der Waals surface area contributed by atoms with Gasteiger partial charge in [-0.1, -0.05) is 53.5 Å². The second-order valence-corrected chi connectivity index (χ2v) is 12.0. The number of carbonyl (C=O) groups excluding carboxylic acids is 1. The summed E-state index contributed by atoms with van der Waals surface area (Å²) in [6.07, 6.45) is 3.89. The predicted octanol–water partition coefficient (Wildman–Crippen LogP) is 4.45. The molecule has 2 aliphatic heterocycles. The molecule has 2 fully saturated rings. The van der Waals surface area contributed by atoms with Crippen LogP contribution in [0.5, 0.6) is 0 Å². The Balaban J connectivity index is 1.29. The third-order valence-electron chi connectivity index (χ3n) is 6.58. The van der Waals surface area contributed by atoms with E-state index in [9.17, 15) is 13.2 Å². The van der Waals surface area contributed by atoms with E-state index in [4.69, 9.17) is 23.2 Å². The van der Waals surface area contributed by atoms with Crippen LogP contribution in [-0.4, -0.2) is 49.7 Å². The van der Waals surface area contributed by atoms with E-state index in [0.717, 1.165) is 12.1 Å². The highest BCUT2D eigenvalue weighted by Gasteiger charge is 2.32. The van der Waals surface area contributed by atoms with E-state index in [1.807, 2.05) is 0 Å². The van der Waals surface area contributed by atoms with Crippen molar-refractivity contribution in [3.63, 3.8) is 0 Å². The Hall–Kier alpha value is -1.64. The van der Waals surface area contributed by atoms with Gasteiger partial charge in [-0.25, -0.2) is 12.7 Å². The van der Waals surface area contributed by atoms with Crippen LogP contribution in [0.4, 0.5) is 0 Å². The summed E-state index contributed by atoms with van der Waals surface area (Å²) in [5, 5.41) is 3.71. The summed E-state index contributed by atoms with van der Waals surface area (Å²) in [4.78, 5) is 15.3. The van der Waals surface area contributed by atoms with Crippen LogP contribution in [0, 0.1) is 5.92 Å². The number of piperidine rings is 1. The number of nitrogens with one attached hydrogen (secondary N) is 1. The van der Waals surface area contributed by atoms with Gasteiger partial charge in [0.1, 0.15) is 0 Å². The van der Waals surface area contributed by atoms with Crippen molar-refractivity contribution >= 4 is 39.1 Å². The Labute approximate surface area is 212 Å². The van der Waals surface area contributed by atoms with E-state index >= 15 is 0 Å². The fraction of sp³-hybridized carbons (Fsp3) is 0.480. The number of amides is 1. The lowest BCUT2D eigenvalue weighted by molar-refractivity contribution is -0.126. The Morgan fingerprint density at radius 2 is 1.59 bits per heavy atom. The Morgan fingerprint density at radius 1 is 0.912 bits per heavy atom. The summed E-state index contributed by atoms with van der Waals surface area (Å²) < 4.78 is 27.4. The molecule has 0 bridgehead atoms. The SMILES string of the molecule is O=C(NCc1ccc(CN2CCCC2)cc1)C1CCCN(S(=O)(=O)Cc2ccc(Cl)c(Cl)c2)C1. The lowest BCUT2D eigenvalue weighted by Gasteiger charge is -2.31. The van der Waals surface area contributed by atoms with Gasteiger partial charge in [-0.05, 0) is 67.6 Å². The summed E-state index contributed by atoms with van der Waals surface area (Å²) in [5.74, 6) is -0.621. The number of benzene rings is 2. The first-order valence-corrected chi connectivity index (χ1v) is 14.2. The summed E-state index contributed by atoms with van der Waals surface area (Å²) in [7, 11) is -3.57. The van der Waals surface area contributed by atoms with Gasteiger partial charge in [0.05, 0.1) is 21.7 Å². The number of rotatable bonds is 8. The fourth-order valence-electron chi connectivity index (χ4n) is 4.64. The van der Waals surface area contributed by atoms with Crippen LogP contribution in [0.25, 0.3) is 0 Å². The highest BCUT2D eigenvalue weighted by Crippen LogP contribution is 2.26. The zero-order valence-electron chi connectivity index (χ0n) is 19.2. The van der Waals surface area contributed by atoms with E-state index < -0.39 is 10.0 Å². The first-order valence-electron chi connectivity index (χ1n) is 11.8. The molecular formula is C25H31Cl2N3O3S. The molecule has 2 aromatic carbocycles. The van der Waals surface area contributed by atoms with Crippen molar-refractivity contribution in [3.05, 3.63) is 69.2 Å². The monoisotopic (exact) mass is 523 g/mol. The Kier molecular flexibility index (Phi) is 8.53. The molecule has 0 spiro atoms. The van der Waals surface area contributed by atoms with E-state index in [1.54, 1.807) is 18.2 Å². The molecule has 6 nitrogen and oxygen atoms in total. The highest BCUT2D eigenvalue weighted by molar-refractivity contribution is 7.88. The minimum atomic E-state index is -3.57. The Morgan fingerprint density at radius 3 is 2.29 bits per heavy atom. The molecule has 2 aromatic rings. The van der Waals surface area contributed by atoms with E-state index in [0.29, 0.717) is 41.5 Å². The highest BCUT2D eigenvalue weighted by atomic mass is 35.5. The van der Waals surface area contributed by atoms with Crippen LogP contribution < -0.4 is 5.32 Å². The molecule has 1 N–H and O–H groups in total. The molecule has 2 saturated heterocycles. The number of nitrogens with zero attached hydrogens (tertiary/aromatic N) is 2. The number of carbonyl (C=O) groups is 1. The van der Waals surface area contributed by atoms with E-state index in [2.05, 4.69) is 34.5 Å². The zero-order chi connectivity index (χ0) is 24.1. The van der Waals surface area contributed by atoms with Gasteiger partial charge in [-0.3, -0.25) is 9.69 Å². The normalized spacial score (nSPS) is 19.9. The zero-order valence-corrected chi connectivity index (χ0v) is 21.5. The average molecular weight is 525 g/mol. The minimum absolute atomic E-state index is 0.101. The largest absolute Gasteiger partial charge is 0.352 e. The Bertz CT molecular complexity index is 1100. The maximum Gasteiger partial charge on any atom is 0.224 e. The molecule has 2 heterocycles. The number of sulfonamides is 1. The van der Waals surface area contributed by atoms with Crippen molar-refractivity contribution < 1.29 is 13.2 Å². The third-order valence-corrected chi connectivity index (χ3v) is 9.13. The van der Waals surface area contributed by atoms with E-state index in [-0.39, 0.29) is 24.1 Å². The van der Waals surface area contributed by atoms with Crippen LogP contribution in [0.1, 0.15) is 42.4 Å². The van der Waals surface area contributed by atoms with Crippen LogP contribution in [-0.2, 0) is 33.7 Å². The van der Waals surface area contributed by atoms with Crippen LogP contribution in [0.3, 0.4) is 0 Å². The van der Waals surface area contributed by atoms with Gasteiger partial charge >= 0.3 is 0 Å². The van der Waals surface area contributed by atoms with Crippen molar-refractivity contribution in [1.82, 2.24) is 14.5 Å². The molecule has 9 heteroatoms. The molecular weight excluding hydrogens is 493 g/mol. The molecule has 1 unspecified atom stereocenters. The maximum absolute atomic E-state index is 13.0. The standard InChI is InChI=1S/C25H31Cl2N3O3S/c26-23-10-9-21(14-24(23)27)18-34(32,33)30-13-3-4-22(17-30)25(31)28-15-19-5-7-20(8-6-19)16-29-11-1-2-12-29/h5-10,14,22H,1-4,11-13,15-18H2,(H,28,31).